The highest BCUT2D eigenvalue weighted by molar-refractivity contribution is 5.72. The van der Waals surface area contributed by atoms with Crippen LogP contribution in [-0.2, 0) is 13.6 Å². The molecule has 2 aromatic heterocycles. The summed E-state index contributed by atoms with van der Waals surface area (Å²) in [6.07, 6.45) is 3.51. The van der Waals surface area contributed by atoms with E-state index in [1.807, 2.05) is 0 Å². The largest absolute Gasteiger partial charge is 0.317 e. The predicted molar refractivity (Wildman–Crippen MR) is 68.3 cm³/mol. The van der Waals surface area contributed by atoms with Gasteiger partial charge in [-0.15, -0.1) is 5.10 Å². The van der Waals surface area contributed by atoms with Crippen molar-refractivity contribution >= 4 is 11.0 Å². The van der Waals surface area contributed by atoms with Crippen molar-refractivity contribution in [3.8, 4) is 0 Å². The molecule has 7 heteroatoms. The van der Waals surface area contributed by atoms with Crippen LogP contribution in [0, 0.1) is 0 Å². The minimum absolute atomic E-state index is 0.122. The van der Waals surface area contributed by atoms with E-state index in [9.17, 15) is 4.79 Å². The Balaban J connectivity index is 2.05. The van der Waals surface area contributed by atoms with Crippen molar-refractivity contribution in [1.29, 1.82) is 0 Å². The zero-order valence-electron chi connectivity index (χ0n) is 10.8. The van der Waals surface area contributed by atoms with Crippen molar-refractivity contribution in [3.63, 3.8) is 0 Å². The third-order valence-electron chi connectivity index (χ3n) is 2.77. The number of aromatic nitrogens is 5. The van der Waals surface area contributed by atoms with Crippen molar-refractivity contribution in [1.82, 2.24) is 30.1 Å². The Hall–Kier alpha value is -1.76. The van der Waals surface area contributed by atoms with Gasteiger partial charge >= 0.3 is 0 Å². The topological polar surface area (TPSA) is 77.6 Å². The molecule has 0 bridgehead atoms. The van der Waals surface area contributed by atoms with E-state index in [1.54, 1.807) is 11.7 Å². The van der Waals surface area contributed by atoms with Gasteiger partial charge in [0, 0.05) is 13.6 Å². The lowest BCUT2D eigenvalue weighted by Crippen LogP contribution is -2.26. The molecule has 0 aliphatic rings. The van der Waals surface area contributed by atoms with Gasteiger partial charge in [0.25, 0.3) is 5.56 Å². The number of hydrogen-bond acceptors (Lipinski definition) is 5. The van der Waals surface area contributed by atoms with Gasteiger partial charge in [-0.1, -0.05) is 12.1 Å². The van der Waals surface area contributed by atoms with Crippen LogP contribution in [0.5, 0.6) is 0 Å². The minimum Gasteiger partial charge on any atom is -0.317 e. The molecular formula is C11H18N6O. The molecule has 0 saturated heterocycles. The second-order valence-corrected chi connectivity index (χ2v) is 4.23. The van der Waals surface area contributed by atoms with E-state index in [1.165, 1.54) is 10.9 Å². The zero-order chi connectivity index (χ0) is 13.0. The van der Waals surface area contributed by atoms with Gasteiger partial charge in [0.2, 0.25) is 0 Å². The molecular weight excluding hydrogens is 232 g/mol. The summed E-state index contributed by atoms with van der Waals surface area (Å²) in [6, 6.07) is 0. The number of nitrogens with one attached hydrogen (secondary N) is 1. The summed E-state index contributed by atoms with van der Waals surface area (Å²) in [6.45, 7) is 4.59. The third kappa shape index (κ3) is 2.56. The molecule has 2 heterocycles. The molecule has 2 aromatic rings. The average Bonchev–Trinajstić information content (AvgIpc) is 2.74. The maximum Gasteiger partial charge on any atom is 0.280 e. The van der Waals surface area contributed by atoms with Crippen LogP contribution < -0.4 is 10.9 Å². The summed E-state index contributed by atoms with van der Waals surface area (Å²) in [4.78, 5) is 12.0. The number of nitrogens with zero attached hydrogens (tertiary/aromatic N) is 5. The maximum absolute atomic E-state index is 12.0. The summed E-state index contributed by atoms with van der Waals surface area (Å²) < 4.78 is 2.95. The van der Waals surface area contributed by atoms with E-state index in [-0.39, 0.29) is 5.56 Å². The van der Waals surface area contributed by atoms with Crippen LogP contribution in [0.1, 0.15) is 19.8 Å². The molecule has 0 saturated carbocycles. The molecule has 0 aliphatic heterocycles. The molecule has 0 aromatic carbocycles. The highest BCUT2D eigenvalue weighted by atomic mass is 16.1. The highest BCUT2D eigenvalue weighted by Crippen LogP contribution is 2.01. The Morgan fingerprint density at radius 3 is 3.00 bits per heavy atom. The first-order valence-electron chi connectivity index (χ1n) is 6.20. The van der Waals surface area contributed by atoms with Gasteiger partial charge in [-0.05, 0) is 25.9 Å². The van der Waals surface area contributed by atoms with Gasteiger partial charge in [-0.25, -0.2) is 9.36 Å². The SMILES string of the molecule is CCCNCCCn1nnc2c(cnn2C)c1=O. The van der Waals surface area contributed by atoms with E-state index in [0.29, 0.717) is 17.6 Å². The lowest BCUT2D eigenvalue weighted by Gasteiger charge is -2.04. The number of hydrogen-bond donors (Lipinski definition) is 1. The molecule has 0 fully saturated rings. The molecule has 0 amide bonds. The van der Waals surface area contributed by atoms with Crippen LogP contribution in [-0.4, -0.2) is 37.9 Å². The fourth-order valence-electron chi connectivity index (χ4n) is 1.78. The Morgan fingerprint density at radius 2 is 2.22 bits per heavy atom. The second kappa shape index (κ2) is 5.72. The second-order valence-electron chi connectivity index (χ2n) is 4.23. The van der Waals surface area contributed by atoms with Gasteiger partial charge in [0.15, 0.2) is 5.65 Å². The van der Waals surface area contributed by atoms with Crippen molar-refractivity contribution in [2.24, 2.45) is 7.05 Å². The average molecular weight is 250 g/mol. The molecule has 0 unspecified atom stereocenters. The normalized spacial score (nSPS) is 11.2. The monoisotopic (exact) mass is 250 g/mol. The Bertz CT molecular complexity index is 572. The van der Waals surface area contributed by atoms with E-state index < -0.39 is 0 Å². The third-order valence-corrected chi connectivity index (χ3v) is 2.77. The molecule has 0 spiro atoms. The van der Waals surface area contributed by atoms with Crippen molar-refractivity contribution in [2.45, 2.75) is 26.3 Å². The molecule has 7 nitrogen and oxygen atoms in total. The number of fused-ring (bicyclic) bond motifs is 1. The highest BCUT2D eigenvalue weighted by Gasteiger charge is 2.08. The van der Waals surface area contributed by atoms with Crippen molar-refractivity contribution in [3.05, 3.63) is 16.6 Å². The van der Waals surface area contributed by atoms with Gasteiger partial charge < -0.3 is 5.32 Å². The predicted octanol–water partition coefficient (Wildman–Crippen LogP) is -0.0853. The first kappa shape index (κ1) is 12.7. The maximum atomic E-state index is 12.0. The molecule has 0 atom stereocenters. The Morgan fingerprint density at radius 1 is 1.39 bits per heavy atom. The lowest BCUT2D eigenvalue weighted by molar-refractivity contribution is 0.503. The van der Waals surface area contributed by atoms with E-state index in [0.717, 1.165) is 25.9 Å². The standard InChI is InChI=1S/C11H18N6O/c1-3-5-12-6-4-7-17-11(18)9-8-13-16(2)10(9)14-15-17/h8,12H,3-7H2,1-2H3. The Kier molecular flexibility index (Phi) is 4.03. The summed E-state index contributed by atoms with van der Waals surface area (Å²) in [5.74, 6) is 0. The van der Waals surface area contributed by atoms with Crippen LogP contribution in [0.3, 0.4) is 0 Å². The van der Waals surface area contributed by atoms with Gasteiger partial charge in [0.05, 0.1) is 6.20 Å². The summed E-state index contributed by atoms with van der Waals surface area (Å²) in [7, 11) is 1.75. The number of aryl methyl sites for hydroxylation is 2. The van der Waals surface area contributed by atoms with Crippen LogP contribution in [0.25, 0.3) is 11.0 Å². The summed E-state index contributed by atoms with van der Waals surface area (Å²) >= 11 is 0. The van der Waals surface area contributed by atoms with Gasteiger partial charge in [0.1, 0.15) is 5.39 Å². The van der Waals surface area contributed by atoms with E-state index in [2.05, 4.69) is 27.7 Å². The first-order valence-corrected chi connectivity index (χ1v) is 6.20. The smallest absolute Gasteiger partial charge is 0.280 e. The quantitative estimate of drug-likeness (QED) is 0.725. The van der Waals surface area contributed by atoms with Crippen LogP contribution in [0.4, 0.5) is 0 Å². The first-order chi connectivity index (χ1) is 8.74. The zero-order valence-corrected chi connectivity index (χ0v) is 10.8. The van der Waals surface area contributed by atoms with E-state index >= 15 is 0 Å². The summed E-state index contributed by atoms with van der Waals surface area (Å²) in [5, 5.41) is 15.7. The molecule has 18 heavy (non-hydrogen) atoms. The fourth-order valence-corrected chi connectivity index (χ4v) is 1.78. The van der Waals surface area contributed by atoms with E-state index in [4.69, 9.17) is 0 Å². The Labute approximate surface area is 105 Å². The summed E-state index contributed by atoms with van der Waals surface area (Å²) in [5.41, 5.74) is 0.406. The van der Waals surface area contributed by atoms with Gasteiger partial charge in [-0.2, -0.15) is 5.10 Å². The molecule has 1 N–H and O–H groups in total. The van der Waals surface area contributed by atoms with Crippen molar-refractivity contribution < 1.29 is 0 Å². The molecule has 0 aliphatic carbocycles. The van der Waals surface area contributed by atoms with Gasteiger partial charge in [-0.3, -0.25) is 4.79 Å². The molecule has 98 valence electrons. The van der Waals surface area contributed by atoms with Crippen LogP contribution in [0.15, 0.2) is 11.0 Å². The lowest BCUT2D eigenvalue weighted by atomic mass is 10.4. The molecule has 0 radical (unpaired) electrons. The molecule has 2 rings (SSSR count). The van der Waals surface area contributed by atoms with Crippen LogP contribution >= 0.6 is 0 Å². The minimum atomic E-state index is -0.122. The number of rotatable bonds is 6. The fraction of sp³-hybridized carbons (Fsp3) is 0.636. The van der Waals surface area contributed by atoms with Crippen LogP contribution in [0.2, 0.25) is 0 Å². The van der Waals surface area contributed by atoms with Crippen molar-refractivity contribution in [2.75, 3.05) is 13.1 Å².